The maximum atomic E-state index is 12.1. The molecule has 0 spiro atoms. The average molecular weight is 344 g/mol. The van der Waals surface area contributed by atoms with Crippen LogP contribution in [0.15, 0.2) is 30.3 Å². The van der Waals surface area contributed by atoms with E-state index in [0.29, 0.717) is 13.0 Å². The molecule has 0 radical (unpaired) electrons. The predicted molar refractivity (Wildman–Crippen MR) is 87.6 cm³/mol. The first-order chi connectivity index (χ1) is 10.7. The lowest BCUT2D eigenvalue weighted by Crippen LogP contribution is -2.29. The van der Waals surface area contributed by atoms with Crippen molar-refractivity contribution >= 4 is 13.6 Å². The fourth-order valence-corrected chi connectivity index (χ4v) is 2.50. The zero-order chi connectivity index (χ0) is 17.3. The molecule has 1 rings (SSSR count). The van der Waals surface area contributed by atoms with Gasteiger partial charge in [-0.1, -0.05) is 30.3 Å². The third-order valence-electron chi connectivity index (χ3n) is 3.11. The van der Waals surface area contributed by atoms with Gasteiger partial charge in [-0.15, -0.1) is 0 Å². The molecule has 23 heavy (non-hydrogen) atoms. The monoisotopic (exact) mass is 344 g/mol. The molecule has 0 saturated heterocycles. The summed E-state index contributed by atoms with van der Waals surface area (Å²) >= 11 is 0. The normalized spacial score (nSPS) is 14.4. The molecule has 0 aromatic heterocycles. The second-order valence-electron chi connectivity index (χ2n) is 5.96. The van der Waals surface area contributed by atoms with Gasteiger partial charge in [-0.3, -0.25) is 9.36 Å². The van der Waals surface area contributed by atoms with Crippen molar-refractivity contribution in [3.63, 3.8) is 0 Å². The van der Waals surface area contributed by atoms with Crippen molar-refractivity contribution in [2.45, 2.75) is 26.9 Å². The lowest BCUT2D eigenvalue weighted by molar-refractivity contribution is -0.150. The first kappa shape index (κ1) is 19.8. The largest absolute Gasteiger partial charge is 0.481 e. The van der Waals surface area contributed by atoms with Crippen LogP contribution in [-0.2, 0) is 29.8 Å². The van der Waals surface area contributed by atoms with E-state index in [0.717, 1.165) is 5.56 Å². The molecular formula is C16H25O6P. The zero-order valence-corrected chi connectivity index (χ0v) is 14.8. The second-order valence-corrected chi connectivity index (χ2v) is 8.02. The summed E-state index contributed by atoms with van der Waals surface area (Å²) in [6, 6.07) is 9.44. The number of aliphatic carboxylic acids is 1. The van der Waals surface area contributed by atoms with E-state index in [4.69, 9.17) is 18.9 Å². The Morgan fingerprint density at radius 2 is 1.83 bits per heavy atom. The number of rotatable bonds is 11. The Labute approximate surface area is 137 Å². The van der Waals surface area contributed by atoms with Gasteiger partial charge in [0.05, 0.1) is 25.2 Å². The molecule has 1 atom stereocenters. The van der Waals surface area contributed by atoms with Crippen LogP contribution in [0.2, 0.25) is 0 Å². The van der Waals surface area contributed by atoms with Gasteiger partial charge < -0.3 is 18.9 Å². The summed E-state index contributed by atoms with van der Waals surface area (Å²) < 4.78 is 28.0. The summed E-state index contributed by atoms with van der Waals surface area (Å²) in [7, 11) is -3.10. The first-order valence-corrected chi connectivity index (χ1v) is 9.44. The molecule has 130 valence electrons. The van der Waals surface area contributed by atoms with Crippen LogP contribution in [0.4, 0.5) is 0 Å². The van der Waals surface area contributed by atoms with Gasteiger partial charge in [0.1, 0.15) is 0 Å². The number of ether oxygens (including phenoxy) is 1. The van der Waals surface area contributed by atoms with Gasteiger partial charge in [0, 0.05) is 13.3 Å². The van der Waals surface area contributed by atoms with E-state index in [1.165, 1.54) is 6.66 Å². The van der Waals surface area contributed by atoms with Crippen molar-refractivity contribution in [1.29, 1.82) is 0 Å². The number of carboxylic acids is 1. The summed E-state index contributed by atoms with van der Waals surface area (Å²) in [6.07, 6.45) is 0.516. The van der Waals surface area contributed by atoms with Crippen LogP contribution >= 0.6 is 7.60 Å². The molecule has 0 aliphatic carbocycles. The number of carboxylic acid groups (broad SMARTS) is 1. The van der Waals surface area contributed by atoms with Crippen LogP contribution in [0.25, 0.3) is 0 Å². The molecule has 1 aromatic rings. The SMILES string of the molecule is CC(C)(COCCCOP(C)(=O)OCc1ccccc1)C(=O)O. The van der Waals surface area contributed by atoms with Gasteiger partial charge >= 0.3 is 13.6 Å². The van der Waals surface area contributed by atoms with Gasteiger partial charge in [-0.25, -0.2) is 0 Å². The molecule has 0 saturated carbocycles. The van der Waals surface area contributed by atoms with E-state index >= 15 is 0 Å². The van der Waals surface area contributed by atoms with Crippen molar-refractivity contribution in [3.8, 4) is 0 Å². The molecule has 1 N–H and O–H groups in total. The molecule has 7 heteroatoms. The standard InChI is InChI=1S/C16H25O6P/c1-16(2,15(17)18)13-20-10-7-11-21-23(3,19)22-12-14-8-5-4-6-9-14/h4-6,8-9H,7,10-13H2,1-3H3,(H,17,18). The topological polar surface area (TPSA) is 82.1 Å². The summed E-state index contributed by atoms with van der Waals surface area (Å²) in [4.78, 5) is 10.9. The van der Waals surface area contributed by atoms with Crippen LogP contribution < -0.4 is 0 Å². The Hall–Kier alpha value is -1.20. The van der Waals surface area contributed by atoms with E-state index in [1.807, 2.05) is 30.3 Å². The fourth-order valence-electron chi connectivity index (χ4n) is 1.58. The fraction of sp³-hybridized carbons (Fsp3) is 0.562. The quantitative estimate of drug-likeness (QED) is 0.488. The maximum Gasteiger partial charge on any atom is 0.327 e. The number of carbonyl (C=O) groups is 1. The van der Waals surface area contributed by atoms with Crippen molar-refractivity contribution < 1.29 is 28.3 Å². The Bertz CT molecular complexity index is 529. The summed E-state index contributed by atoms with van der Waals surface area (Å²) in [6.45, 7) is 5.57. The molecule has 6 nitrogen and oxygen atoms in total. The zero-order valence-electron chi connectivity index (χ0n) is 13.9. The number of hydrogen-bond acceptors (Lipinski definition) is 5. The molecule has 0 aliphatic heterocycles. The Kier molecular flexibility index (Phi) is 7.92. The van der Waals surface area contributed by atoms with Crippen LogP contribution in [-0.4, -0.2) is 37.6 Å². The highest BCUT2D eigenvalue weighted by Gasteiger charge is 2.27. The van der Waals surface area contributed by atoms with Gasteiger partial charge in [0.15, 0.2) is 0 Å². The predicted octanol–water partition coefficient (Wildman–Crippen LogP) is 3.56. The van der Waals surface area contributed by atoms with Crippen molar-refractivity contribution in [3.05, 3.63) is 35.9 Å². The lowest BCUT2D eigenvalue weighted by Gasteiger charge is -2.19. The highest BCUT2D eigenvalue weighted by Crippen LogP contribution is 2.44. The molecule has 1 aromatic carbocycles. The number of hydrogen-bond donors (Lipinski definition) is 1. The minimum absolute atomic E-state index is 0.122. The van der Waals surface area contributed by atoms with Gasteiger partial charge in [-0.2, -0.15) is 0 Å². The van der Waals surface area contributed by atoms with E-state index < -0.39 is 19.0 Å². The molecule has 0 bridgehead atoms. The molecular weight excluding hydrogens is 319 g/mol. The van der Waals surface area contributed by atoms with Gasteiger partial charge in [-0.05, 0) is 25.8 Å². The number of benzene rings is 1. The highest BCUT2D eigenvalue weighted by atomic mass is 31.2. The van der Waals surface area contributed by atoms with E-state index in [2.05, 4.69) is 0 Å². The van der Waals surface area contributed by atoms with Gasteiger partial charge in [0.2, 0.25) is 0 Å². The maximum absolute atomic E-state index is 12.1. The minimum atomic E-state index is -3.10. The highest BCUT2D eigenvalue weighted by molar-refractivity contribution is 7.52. The summed E-state index contributed by atoms with van der Waals surface area (Å²) in [5.74, 6) is -0.902. The van der Waals surface area contributed by atoms with Crippen molar-refractivity contribution in [2.24, 2.45) is 5.41 Å². The minimum Gasteiger partial charge on any atom is -0.481 e. The van der Waals surface area contributed by atoms with Crippen LogP contribution in [0.3, 0.4) is 0 Å². The van der Waals surface area contributed by atoms with Gasteiger partial charge in [0.25, 0.3) is 0 Å². The Balaban J connectivity index is 2.17. The van der Waals surface area contributed by atoms with E-state index in [1.54, 1.807) is 13.8 Å². The van der Waals surface area contributed by atoms with Crippen molar-refractivity contribution in [1.82, 2.24) is 0 Å². The Morgan fingerprint density at radius 3 is 2.43 bits per heavy atom. The third-order valence-corrected chi connectivity index (χ3v) is 4.36. The van der Waals surface area contributed by atoms with Crippen molar-refractivity contribution in [2.75, 3.05) is 26.5 Å². The summed E-state index contributed by atoms with van der Waals surface area (Å²) in [5.41, 5.74) is 0.0112. The van der Waals surface area contributed by atoms with E-state index in [9.17, 15) is 9.36 Å². The molecule has 0 aliphatic rings. The second kappa shape index (κ2) is 9.18. The smallest absolute Gasteiger partial charge is 0.327 e. The molecule has 1 unspecified atom stereocenters. The average Bonchev–Trinajstić information content (AvgIpc) is 2.50. The Morgan fingerprint density at radius 1 is 1.17 bits per heavy atom. The lowest BCUT2D eigenvalue weighted by atomic mass is 9.95. The first-order valence-electron chi connectivity index (χ1n) is 7.45. The van der Waals surface area contributed by atoms with Crippen LogP contribution in [0, 0.1) is 5.41 Å². The molecule has 0 heterocycles. The third kappa shape index (κ3) is 8.28. The van der Waals surface area contributed by atoms with Crippen LogP contribution in [0.5, 0.6) is 0 Å². The van der Waals surface area contributed by atoms with E-state index in [-0.39, 0.29) is 19.8 Å². The molecule has 0 fully saturated rings. The molecule has 0 amide bonds. The summed E-state index contributed by atoms with van der Waals surface area (Å²) in [5, 5.41) is 8.95. The van der Waals surface area contributed by atoms with Crippen LogP contribution in [0.1, 0.15) is 25.8 Å².